The van der Waals surface area contributed by atoms with Crippen molar-refractivity contribution in [2.24, 2.45) is 0 Å². The maximum absolute atomic E-state index is 12.5. The van der Waals surface area contributed by atoms with Gasteiger partial charge in [0.2, 0.25) is 11.8 Å². The van der Waals surface area contributed by atoms with Crippen LogP contribution in [0.4, 0.5) is 0 Å². The zero-order valence-electron chi connectivity index (χ0n) is 11.6. The molecular formula is C13H24N2O2S. The summed E-state index contributed by atoms with van der Waals surface area (Å²) in [7, 11) is 0. The van der Waals surface area contributed by atoms with Crippen LogP contribution in [-0.2, 0) is 9.59 Å². The minimum Gasteiger partial charge on any atom is -0.344 e. The van der Waals surface area contributed by atoms with Crippen LogP contribution in [-0.4, -0.2) is 47.4 Å². The van der Waals surface area contributed by atoms with Gasteiger partial charge < -0.3 is 10.2 Å². The smallest absolute Gasteiger partial charge is 0.245 e. The number of nitrogens with one attached hydrogen (secondary N) is 1. The molecule has 2 unspecified atom stereocenters. The lowest BCUT2D eigenvalue weighted by atomic mass is 10.1. The molecule has 5 heteroatoms. The molecule has 0 spiro atoms. The van der Waals surface area contributed by atoms with Crippen LogP contribution in [0.1, 0.15) is 39.5 Å². The van der Waals surface area contributed by atoms with Gasteiger partial charge in [-0.05, 0) is 19.1 Å². The molecule has 0 aromatic carbocycles. The molecule has 1 aliphatic rings. The zero-order chi connectivity index (χ0) is 13.5. The van der Waals surface area contributed by atoms with Crippen LogP contribution in [0.25, 0.3) is 0 Å². The first-order chi connectivity index (χ1) is 8.63. The van der Waals surface area contributed by atoms with Crippen LogP contribution in [0.15, 0.2) is 0 Å². The fraction of sp³-hybridized carbons (Fsp3) is 0.846. The van der Waals surface area contributed by atoms with Crippen molar-refractivity contribution in [2.45, 2.75) is 51.6 Å². The summed E-state index contributed by atoms with van der Waals surface area (Å²) in [5, 5.41) is 2.84. The Kier molecular flexibility index (Phi) is 6.54. The fourth-order valence-corrected chi connectivity index (χ4v) is 3.13. The number of thioether (sulfide) groups is 1. The molecule has 2 amide bonds. The SMILES string of the molecule is CCCC1NC(=O)CCN(C(CC)CSC)C1=O. The highest BCUT2D eigenvalue weighted by Crippen LogP contribution is 2.16. The van der Waals surface area contributed by atoms with E-state index in [0.717, 1.165) is 25.0 Å². The highest BCUT2D eigenvalue weighted by atomic mass is 32.2. The maximum atomic E-state index is 12.5. The molecule has 1 heterocycles. The second-order valence-electron chi connectivity index (χ2n) is 4.71. The molecular weight excluding hydrogens is 248 g/mol. The summed E-state index contributed by atoms with van der Waals surface area (Å²) in [4.78, 5) is 26.0. The van der Waals surface area contributed by atoms with E-state index < -0.39 is 0 Å². The molecule has 1 rings (SSSR count). The van der Waals surface area contributed by atoms with Gasteiger partial charge in [0.1, 0.15) is 6.04 Å². The number of amides is 2. The van der Waals surface area contributed by atoms with Gasteiger partial charge in [-0.3, -0.25) is 9.59 Å². The minimum atomic E-state index is -0.319. The summed E-state index contributed by atoms with van der Waals surface area (Å²) in [6, 6.07) is -0.0690. The Hall–Kier alpha value is -0.710. The average molecular weight is 272 g/mol. The summed E-state index contributed by atoms with van der Waals surface area (Å²) in [6.45, 7) is 4.70. The molecule has 1 aliphatic heterocycles. The summed E-state index contributed by atoms with van der Waals surface area (Å²) in [5.41, 5.74) is 0. The third-order valence-electron chi connectivity index (χ3n) is 3.34. The van der Waals surface area contributed by atoms with Crippen LogP contribution in [0.2, 0.25) is 0 Å². The van der Waals surface area contributed by atoms with Crippen molar-refractivity contribution in [1.29, 1.82) is 0 Å². The molecule has 0 radical (unpaired) electrons. The van der Waals surface area contributed by atoms with Crippen LogP contribution in [0.3, 0.4) is 0 Å². The topological polar surface area (TPSA) is 49.4 Å². The molecule has 0 saturated carbocycles. The number of hydrogen-bond acceptors (Lipinski definition) is 3. The van der Waals surface area contributed by atoms with Gasteiger partial charge in [0.15, 0.2) is 0 Å². The Morgan fingerprint density at radius 3 is 2.72 bits per heavy atom. The van der Waals surface area contributed by atoms with Crippen LogP contribution in [0, 0.1) is 0 Å². The van der Waals surface area contributed by atoms with Crippen molar-refractivity contribution < 1.29 is 9.59 Å². The largest absolute Gasteiger partial charge is 0.344 e. The second-order valence-corrected chi connectivity index (χ2v) is 5.62. The average Bonchev–Trinajstić information content (AvgIpc) is 2.48. The molecule has 1 N–H and O–H groups in total. The molecule has 0 aliphatic carbocycles. The van der Waals surface area contributed by atoms with Gasteiger partial charge in [-0.15, -0.1) is 0 Å². The van der Waals surface area contributed by atoms with E-state index in [-0.39, 0.29) is 23.9 Å². The molecule has 4 nitrogen and oxygen atoms in total. The van der Waals surface area contributed by atoms with E-state index in [2.05, 4.69) is 18.5 Å². The van der Waals surface area contributed by atoms with E-state index in [9.17, 15) is 9.59 Å². The summed E-state index contributed by atoms with van der Waals surface area (Å²) in [6.07, 6.45) is 5.06. The zero-order valence-corrected chi connectivity index (χ0v) is 12.4. The van der Waals surface area contributed by atoms with Gasteiger partial charge in [0, 0.05) is 24.8 Å². The predicted molar refractivity (Wildman–Crippen MR) is 75.6 cm³/mol. The van der Waals surface area contributed by atoms with E-state index in [0.29, 0.717) is 13.0 Å². The molecule has 0 bridgehead atoms. The first-order valence-electron chi connectivity index (χ1n) is 6.72. The van der Waals surface area contributed by atoms with E-state index in [1.54, 1.807) is 11.8 Å². The minimum absolute atomic E-state index is 0.00306. The van der Waals surface area contributed by atoms with Gasteiger partial charge >= 0.3 is 0 Å². The quantitative estimate of drug-likeness (QED) is 0.800. The number of nitrogens with zero attached hydrogens (tertiary/aromatic N) is 1. The van der Waals surface area contributed by atoms with Gasteiger partial charge in [0.25, 0.3) is 0 Å². The lowest BCUT2D eigenvalue weighted by molar-refractivity contribution is -0.135. The molecule has 18 heavy (non-hydrogen) atoms. The molecule has 2 atom stereocenters. The van der Waals surface area contributed by atoms with Gasteiger partial charge in [-0.2, -0.15) is 11.8 Å². The molecule has 104 valence electrons. The van der Waals surface area contributed by atoms with Crippen molar-refractivity contribution >= 4 is 23.6 Å². The lowest BCUT2D eigenvalue weighted by Gasteiger charge is -2.31. The normalized spacial score (nSPS) is 22.6. The first kappa shape index (κ1) is 15.3. The number of hydrogen-bond donors (Lipinski definition) is 1. The Morgan fingerprint density at radius 2 is 2.17 bits per heavy atom. The highest BCUT2D eigenvalue weighted by Gasteiger charge is 2.32. The van der Waals surface area contributed by atoms with Crippen molar-refractivity contribution in [2.75, 3.05) is 18.6 Å². The summed E-state index contributed by atoms with van der Waals surface area (Å²) < 4.78 is 0. The van der Waals surface area contributed by atoms with Crippen molar-refractivity contribution in [3.8, 4) is 0 Å². The van der Waals surface area contributed by atoms with E-state index >= 15 is 0 Å². The van der Waals surface area contributed by atoms with Crippen LogP contribution >= 0.6 is 11.8 Å². The Morgan fingerprint density at radius 1 is 1.44 bits per heavy atom. The van der Waals surface area contributed by atoms with E-state index in [1.165, 1.54) is 0 Å². The number of carbonyl (C=O) groups excluding carboxylic acids is 2. The van der Waals surface area contributed by atoms with E-state index in [1.807, 2.05) is 11.8 Å². The van der Waals surface area contributed by atoms with Crippen molar-refractivity contribution in [1.82, 2.24) is 10.2 Å². The van der Waals surface area contributed by atoms with Gasteiger partial charge in [-0.1, -0.05) is 20.3 Å². The Labute approximate surface area is 114 Å². The van der Waals surface area contributed by atoms with Crippen LogP contribution < -0.4 is 5.32 Å². The highest BCUT2D eigenvalue weighted by molar-refractivity contribution is 7.98. The Bertz CT molecular complexity index is 297. The summed E-state index contributed by atoms with van der Waals surface area (Å²) in [5.74, 6) is 1.04. The molecule has 0 aromatic rings. The van der Waals surface area contributed by atoms with Gasteiger partial charge in [-0.25, -0.2) is 0 Å². The third kappa shape index (κ3) is 3.90. The predicted octanol–water partition coefficient (Wildman–Crippen LogP) is 1.65. The van der Waals surface area contributed by atoms with Crippen LogP contribution in [0.5, 0.6) is 0 Å². The number of carbonyl (C=O) groups is 2. The second kappa shape index (κ2) is 7.67. The number of rotatable bonds is 6. The molecule has 0 aromatic heterocycles. The Balaban J connectivity index is 2.81. The van der Waals surface area contributed by atoms with Crippen molar-refractivity contribution in [3.05, 3.63) is 0 Å². The fourth-order valence-electron chi connectivity index (χ4n) is 2.33. The van der Waals surface area contributed by atoms with Gasteiger partial charge in [0.05, 0.1) is 0 Å². The standard InChI is InChI=1S/C13H24N2O2S/c1-4-6-11-13(17)15(8-7-12(16)14-11)10(5-2)9-18-3/h10-11H,4-9H2,1-3H3,(H,14,16). The maximum Gasteiger partial charge on any atom is 0.245 e. The first-order valence-corrected chi connectivity index (χ1v) is 8.12. The molecule has 1 fully saturated rings. The monoisotopic (exact) mass is 272 g/mol. The third-order valence-corrected chi connectivity index (χ3v) is 4.06. The molecule has 1 saturated heterocycles. The summed E-state index contributed by atoms with van der Waals surface area (Å²) >= 11 is 1.75. The van der Waals surface area contributed by atoms with E-state index in [4.69, 9.17) is 0 Å². The van der Waals surface area contributed by atoms with Crippen molar-refractivity contribution in [3.63, 3.8) is 0 Å². The lowest BCUT2D eigenvalue weighted by Crippen LogP contribution is -2.49.